The Balaban J connectivity index is 1.87. The number of para-hydroxylation sites is 1. The van der Waals surface area contributed by atoms with E-state index in [2.05, 4.69) is 20.3 Å². The van der Waals surface area contributed by atoms with Crippen LogP contribution in [-0.4, -0.2) is 15.0 Å². The zero-order valence-corrected chi connectivity index (χ0v) is 15.9. The molecule has 0 unspecified atom stereocenters. The van der Waals surface area contributed by atoms with E-state index < -0.39 is 0 Å². The monoisotopic (exact) mass is 402 g/mol. The number of hydrogen-bond donors (Lipinski definition) is 3. The number of anilines is 2. The maximum Gasteiger partial charge on any atom is 0.222 e. The van der Waals surface area contributed by atoms with Gasteiger partial charge in [0.25, 0.3) is 0 Å². The Labute approximate surface area is 170 Å². The van der Waals surface area contributed by atoms with Crippen molar-refractivity contribution in [3.8, 4) is 17.3 Å². The van der Waals surface area contributed by atoms with Crippen molar-refractivity contribution in [1.29, 1.82) is 5.26 Å². The van der Waals surface area contributed by atoms with Crippen LogP contribution in [0.5, 0.6) is 0 Å². The highest BCUT2D eigenvalue weighted by atomic mass is 35.5. The molecule has 0 saturated carbocycles. The highest BCUT2D eigenvalue weighted by Crippen LogP contribution is 2.26. The first-order chi connectivity index (χ1) is 14.1. The minimum atomic E-state index is -0.159. The molecule has 7 nitrogen and oxygen atoms in total. The van der Waals surface area contributed by atoms with E-state index in [4.69, 9.17) is 17.3 Å². The van der Waals surface area contributed by atoms with Crippen molar-refractivity contribution in [3.05, 3.63) is 81.1 Å². The number of nitrogens with one attached hydrogen (secondary N) is 2. The van der Waals surface area contributed by atoms with Crippen LogP contribution in [-0.2, 0) is 6.54 Å². The fourth-order valence-corrected chi connectivity index (χ4v) is 3.34. The number of aromatic nitrogens is 3. The van der Waals surface area contributed by atoms with Gasteiger partial charge >= 0.3 is 0 Å². The van der Waals surface area contributed by atoms with Crippen LogP contribution in [0.4, 0.5) is 11.8 Å². The normalized spacial score (nSPS) is 10.6. The van der Waals surface area contributed by atoms with Gasteiger partial charge in [0.05, 0.1) is 22.4 Å². The van der Waals surface area contributed by atoms with Gasteiger partial charge in [-0.2, -0.15) is 10.2 Å². The minimum absolute atomic E-state index is 0.0361. The number of pyridine rings is 1. The van der Waals surface area contributed by atoms with Gasteiger partial charge in [-0.15, -0.1) is 0 Å². The van der Waals surface area contributed by atoms with Crippen LogP contribution in [0, 0.1) is 11.3 Å². The zero-order chi connectivity index (χ0) is 20.4. The molecule has 0 atom stereocenters. The Hall–Kier alpha value is -3.89. The molecule has 0 aliphatic carbocycles. The first-order valence-electron chi connectivity index (χ1n) is 8.73. The smallest absolute Gasteiger partial charge is 0.222 e. The van der Waals surface area contributed by atoms with Crippen LogP contribution >= 0.6 is 11.6 Å². The molecule has 0 fully saturated rings. The summed E-state index contributed by atoms with van der Waals surface area (Å²) in [6.07, 6.45) is 1.34. The van der Waals surface area contributed by atoms with Crippen LogP contribution in [0.3, 0.4) is 0 Å². The van der Waals surface area contributed by atoms with Gasteiger partial charge in [0, 0.05) is 17.5 Å². The maximum absolute atomic E-state index is 13.3. The maximum atomic E-state index is 13.3. The molecular formula is C21H15ClN6O. The van der Waals surface area contributed by atoms with E-state index in [0.29, 0.717) is 27.2 Å². The lowest BCUT2D eigenvalue weighted by Gasteiger charge is -2.14. The van der Waals surface area contributed by atoms with Crippen molar-refractivity contribution in [2.75, 3.05) is 11.1 Å². The van der Waals surface area contributed by atoms with E-state index in [1.165, 1.54) is 6.20 Å². The number of aromatic amines is 1. The zero-order valence-electron chi connectivity index (χ0n) is 15.1. The summed E-state index contributed by atoms with van der Waals surface area (Å²) in [5, 5.41) is 13.3. The number of rotatable bonds is 4. The van der Waals surface area contributed by atoms with E-state index in [0.717, 1.165) is 5.56 Å². The third kappa shape index (κ3) is 3.49. The second-order valence-corrected chi connectivity index (χ2v) is 6.70. The summed E-state index contributed by atoms with van der Waals surface area (Å²) in [6, 6.07) is 16.7. The van der Waals surface area contributed by atoms with Gasteiger partial charge in [-0.05, 0) is 17.7 Å². The first-order valence-corrected chi connectivity index (χ1v) is 9.11. The minimum Gasteiger partial charge on any atom is -0.368 e. The molecule has 2 aromatic carbocycles. The average Bonchev–Trinajstić information content (AvgIpc) is 2.74. The largest absolute Gasteiger partial charge is 0.368 e. The van der Waals surface area contributed by atoms with Crippen LogP contribution in [0.15, 0.2) is 59.5 Å². The second kappa shape index (κ2) is 7.62. The highest BCUT2D eigenvalue weighted by Gasteiger charge is 2.16. The third-order valence-electron chi connectivity index (χ3n) is 4.51. The molecule has 4 N–H and O–H groups in total. The van der Waals surface area contributed by atoms with E-state index in [1.807, 2.05) is 36.4 Å². The summed E-state index contributed by atoms with van der Waals surface area (Å²) >= 11 is 6.32. The first kappa shape index (κ1) is 18.5. The van der Waals surface area contributed by atoms with E-state index in [-0.39, 0.29) is 29.3 Å². The molecule has 29 heavy (non-hydrogen) atoms. The van der Waals surface area contributed by atoms with Crippen molar-refractivity contribution in [3.63, 3.8) is 0 Å². The van der Waals surface area contributed by atoms with Crippen LogP contribution in [0.25, 0.3) is 22.2 Å². The quantitative estimate of drug-likeness (QED) is 0.478. The van der Waals surface area contributed by atoms with Gasteiger partial charge in [0.2, 0.25) is 5.95 Å². The van der Waals surface area contributed by atoms with Crippen molar-refractivity contribution in [1.82, 2.24) is 15.0 Å². The third-order valence-corrected chi connectivity index (χ3v) is 4.82. The van der Waals surface area contributed by atoms with Crippen LogP contribution < -0.4 is 16.5 Å². The molecule has 0 aliphatic rings. The molecule has 4 rings (SSSR count). The van der Waals surface area contributed by atoms with Crippen molar-refractivity contribution >= 4 is 34.3 Å². The summed E-state index contributed by atoms with van der Waals surface area (Å²) in [5.41, 5.74) is 8.27. The molecule has 2 heterocycles. The van der Waals surface area contributed by atoms with Crippen molar-refractivity contribution in [2.24, 2.45) is 0 Å². The molecule has 142 valence electrons. The Morgan fingerprint density at radius 2 is 1.97 bits per heavy atom. The number of nitrogen functional groups attached to an aromatic ring is 1. The molecule has 0 saturated heterocycles. The number of nitriles is 1. The van der Waals surface area contributed by atoms with Gasteiger partial charge in [-0.3, -0.25) is 4.79 Å². The molecular weight excluding hydrogens is 388 g/mol. The van der Waals surface area contributed by atoms with Gasteiger partial charge in [0.15, 0.2) is 5.43 Å². The van der Waals surface area contributed by atoms with Crippen LogP contribution in [0.1, 0.15) is 11.1 Å². The Morgan fingerprint density at radius 1 is 1.17 bits per heavy atom. The Bertz CT molecular complexity index is 1310. The lowest BCUT2D eigenvalue weighted by Crippen LogP contribution is -2.17. The van der Waals surface area contributed by atoms with Crippen LogP contribution in [0.2, 0.25) is 5.02 Å². The molecule has 0 spiro atoms. The highest BCUT2D eigenvalue weighted by molar-refractivity contribution is 6.35. The number of H-pyrrole nitrogens is 1. The van der Waals surface area contributed by atoms with E-state index >= 15 is 0 Å². The number of halogens is 1. The molecule has 0 amide bonds. The number of benzene rings is 2. The Kier molecular flexibility index (Phi) is 4.85. The molecule has 2 aromatic heterocycles. The summed E-state index contributed by atoms with van der Waals surface area (Å²) < 4.78 is 0. The SMILES string of the molecule is N#Cc1cnc(N)nc1NCc1c(-c2ccccc2)[nH]c2c(Cl)cccc2c1=O. The van der Waals surface area contributed by atoms with Gasteiger partial charge < -0.3 is 16.0 Å². The number of fused-ring (bicyclic) bond motifs is 1. The second-order valence-electron chi connectivity index (χ2n) is 6.29. The molecule has 0 aliphatic heterocycles. The summed E-state index contributed by atoms with van der Waals surface area (Å²) in [7, 11) is 0. The standard InChI is InChI=1S/C21H15ClN6O/c22-16-8-4-7-14-18(16)27-17(12-5-2-1-3-6-12)15(19(14)29)11-25-20-13(9-23)10-26-21(24)28-20/h1-8,10H,11H2,(H,27,29)(H3,24,25,26,28). The summed E-state index contributed by atoms with van der Waals surface area (Å²) in [5.74, 6) is 0.304. The Morgan fingerprint density at radius 3 is 2.72 bits per heavy atom. The van der Waals surface area contributed by atoms with Gasteiger partial charge in [-0.25, -0.2) is 4.98 Å². The van der Waals surface area contributed by atoms with E-state index in [9.17, 15) is 10.1 Å². The summed E-state index contributed by atoms with van der Waals surface area (Å²) in [4.78, 5) is 24.5. The lowest BCUT2D eigenvalue weighted by molar-refractivity contribution is 1.06. The van der Waals surface area contributed by atoms with Gasteiger partial charge in [-0.1, -0.05) is 48.0 Å². The van der Waals surface area contributed by atoms with E-state index in [1.54, 1.807) is 18.2 Å². The summed E-state index contributed by atoms with van der Waals surface area (Å²) in [6.45, 7) is 0.132. The lowest BCUT2D eigenvalue weighted by atomic mass is 10.0. The van der Waals surface area contributed by atoms with Crippen molar-refractivity contribution in [2.45, 2.75) is 6.54 Å². The number of nitrogens with two attached hydrogens (primary N) is 1. The molecule has 8 heteroatoms. The molecule has 0 bridgehead atoms. The average molecular weight is 403 g/mol. The number of nitrogens with zero attached hydrogens (tertiary/aromatic N) is 3. The fourth-order valence-electron chi connectivity index (χ4n) is 3.12. The predicted molar refractivity (Wildman–Crippen MR) is 114 cm³/mol. The predicted octanol–water partition coefficient (Wildman–Crippen LogP) is 3.70. The van der Waals surface area contributed by atoms with Crippen molar-refractivity contribution < 1.29 is 0 Å². The van der Waals surface area contributed by atoms with Gasteiger partial charge in [0.1, 0.15) is 17.5 Å². The number of hydrogen-bond acceptors (Lipinski definition) is 6. The molecule has 4 aromatic rings. The fraction of sp³-hybridized carbons (Fsp3) is 0.0476. The molecule has 0 radical (unpaired) electrons. The topological polar surface area (TPSA) is 120 Å².